The standard InChI is InChI=1S/C22H26N4O6/c23-18(24)15-5-7-16(8-6-15)31-12-2-1-9-22(21(29)30,14-17-4-3-13-32-17)26-11-10-25-19(27)20(26)28/h3-8,13H,1-2,9-12,14H2,(H3,23,24)(H,25,27)(H,29,30). The van der Waals surface area contributed by atoms with E-state index in [2.05, 4.69) is 5.32 Å². The molecule has 0 aliphatic carbocycles. The number of hydrogen-bond acceptors (Lipinski definition) is 6. The molecule has 5 N–H and O–H groups in total. The van der Waals surface area contributed by atoms with Crippen molar-refractivity contribution in [1.82, 2.24) is 10.2 Å². The van der Waals surface area contributed by atoms with E-state index in [1.165, 1.54) is 6.26 Å². The fraction of sp³-hybridized carbons (Fsp3) is 0.364. The van der Waals surface area contributed by atoms with Crippen molar-refractivity contribution in [3.8, 4) is 5.75 Å². The van der Waals surface area contributed by atoms with Crippen molar-refractivity contribution >= 4 is 23.6 Å². The quantitative estimate of drug-likeness (QED) is 0.176. The molecule has 2 heterocycles. The van der Waals surface area contributed by atoms with Crippen molar-refractivity contribution in [1.29, 1.82) is 5.41 Å². The maximum Gasteiger partial charge on any atom is 0.330 e. The van der Waals surface area contributed by atoms with Crippen molar-refractivity contribution in [3.63, 3.8) is 0 Å². The molecular weight excluding hydrogens is 416 g/mol. The van der Waals surface area contributed by atoms with Crippen LogP contribution in [-0.4, -0.2) is 58.9 Å². The van der Waals surface area contributed by atoms with Gasteiger partial charge >= 0.3 is 17.8 Å². The second kappa shape index (κ2) is 9.99. The Morgan fingerprint density at radius 1 is 1.25 bits per heavy atom. The summed E-state index contributed by atoms with van der Waals surface area (Å²) in [5.74, 6) is -1.84. The van der Waals surface area contributed by atoms with Crippen LogP contribution in [-0.2, 0) is 20.8 Å². The summed E-state index contributed by atoms with van der Waals surface area (Å²) >= 11 is 0. The molecule has 0 radical (unpaired) electrons. The Hall–Kier alpha value is -3.82. The second-order valence-electron chi connectivity index (χ2n) is 7.55. The number of carbonyl (C=O) groups excluding carboxylic acids is 2. The number of unbranched alkanes of at least 4 members (excludes halogenated alkanes) is 1. The van der Waals surface area contributed by atoms with Gasteiger partial charge < -0.3 is 30.2 Å². The monoisotopic (exact) mass is 442 g/mol. The fourth-order valence-corrected chi connectivity index (χ4v) is 3.75. The number of furan rings is 1. The lowest BCUT2D eigenvalue weighted by molar-refractivity contribution is -0.165. The van der Waals surface area contributed by atoms with Crippen LogP contribution in [0.4, 0.5) is 0 Å². The normalized spacial score (nSPS) is 15.7. The lowest BCUT2D eigenvalue weighted by Gasteiger charge is -2.42. The summed E-state index contributed by atoms with van der Waals surface area (Å²) in [4.78, 5) is 38.0. The summed E-state index contributed by atoms with van der Waals surface area (Å²) in [7, 11) is 0. The molecule has 1 atom stereocenters. The molecule has 1 aliphatic heterocycles. The van der Waals surface area contributed by atoms with Gasteiger partial charge in [-0.2, -0.15) is 0 Å². The van der Waals surface area contributed by atoms with Crippen LogP contribution in [0, 0.1) is 5.41 Å². The average molecular weight is 442 g/mol. The van der Waals surface area contributed by atoms with Gasteiger partial charge in [-0.1, -0.05) is 0 Å². The Morgan fingerprint density at radius 2 is 2.00 bits per heavy atom. The molecule has 0 saturated carbocycles. The minimum absolute atomic E-state index is 0.0286. The Bertz CT molecular complexity index is 973. The number of amidine groups is 1. The maximum atomic E-state index is 12.5. The SMILES string of the molecule is N=C(N)c1ccc(OCCCCC(Cc2ccco2)(C(=O)O)N2CCNC(=O)C2=O)cc1. The van der Waals surface area contributed by atoms with Gasteiger partial charge in [0.05, 0.1) is 12.9 Å². The molecule has 1 aromatic carbocycles. The topological polar surface area (TPSA) is 159 Å². The van der Waals surface area contributed by atoms with Crippen LogP contribution in [0.1, 0.15) is 30.6 Å². The van der Waals surface area contributed by atoms with Gasteiger partial charge in [0.2, 0.25) is 0 Å². The van der Waals surface area contributed by atoms with E-state index in [0.29, 0.717) is 36.5 Å². The van der Waals surface area contributed by atoms with Crippen LogP contribution in [0.5, 0.6) is 5.75 Å². The highest BCUT2D eigenvalue weighted by molar-refractivity contribution is 6.36. The number of nitrogen functional groups attached to an aromatic ring is 1. The van der Waals surface area contributed by atoms with Crippen LogP contribution >= 0.6 is 0 Å². The van der Waals surface area contributed by atoms with Gasteiger partial charge in [0.25, 0.3) is 0 Å². The van der Waals surface area contributed by atoms with Crippen molar-refractivity contribution < 1.29 is 28.6 Å². The maximum absolute atomic E-state index is 12.5. The van der Waals surface area contributed by atoms with Gasteiger partial charge in [0.1, 0.15) is 22.9 Å². The number of nitrogens with zero attached hydrogens (tertiary/aromatic N) is 1. The summed E-state index contributed by atoms with van der Waals surface area (Å²) in [5, 5.41) is 20.0. The smallest absolute Gasteiger partial charge is 0.330 e. The van der Waals surface area contributed by atoms with Gasteiger partial charge in [-0.05, 0) is 55.7 Å². The Morgan fingerprint density at radius 3 is 2.62 bits per heavy atom. The number of nitrogens with two attached hydrogens (primary N) is 1. The predicted molar refractivity (Wildman–Crippen MR) is 114 cm³/mol. The molecule has 1 saturated heterocycles. The summed E-state index contributed by atoms with van der Waals surface area (Å²) in [6.07, 6.45) is 2.52. The number of benzene rings is 1. The van der Waals surface area contributed by atoms with E-state index in [9.17, 15) is 19.5 Å². The summed E-state index contributed by atoms with van der Waals surface area (Å²) in [6.45, 7) is 0.637. The number of rotatable bonds is 11. The van der Waals surface area contributed by atoms with E-state index in [-0.39, 0.29) is 31.8 Å². The van der Waals surface area contributed by atoms with Gasteiger partial charge in [0.15, 0.2) is 0 Å². The molecule has 1 aliphatic rings. The molecule has 0 spiro atoms. The third-order valence-electron chi connectivity index (χ3n) is 5.44. The number of piperazine rings is 1. The highest BCUT2D eigenvalue weighted by Gasteiger charge is 2.49. The molecule has 2 aromatic rings. The molecule has 0 bridgehead atoms. The molecule has 10 nitrogen and oxygen atoms in total. The molecule has 1 unspecified atom stereocenters. The third-order valence-corrected chi connectivity index (χ3v) is 5.44. The van der Waals surface area contributed by atoms with E-state index >= 15 is 0 Å². The summed E-state index contributed by atoms with van der Waals surface area (Å²) < 4.78 is 11.0. The molecule has 170 valence electrons. The molecule has 1 fully saturated rings. The molecule has 2 amide bonds. The van der Waals surface area contributed by atoms with Crippen molar-refractivity contribution in [2.75, 3.05) is 19.7 Å². The molecule has 10 heteroatoms. The zero-order chi connectivity index (χ0) is 23.1. The van der Waals surface area contributed by atoms with Crippen LogP contribution in [0.15, 0.2) is 47.1 Å². The van der Waals surface area contributed by atoms with Crippen molar-refractivity contribution in [2.24, 2.45) is 5.73 Å². The number of hydrogen-bond donors (Lipinski definition) is 4. The first-order valence-corrected chi connectivity index (χ1v) is 10.3. The minimum Gasteiger partial charge on any atom is -0.494 e. The number of carboxylic acids is 1. The Kier molecular flexibility index (Phi) is 7.14. The molecular formula is C22H26N4O6. The fourth-order valence-electron chi connectivity index (χ4n) is 3.75. The predicted octanol–water partition coefficient (Wildman–Crippen LogP) is 1.14. The molecule has 32 heavy (non-hydrogen) atoms. The van der Waals surface area contributed by atoms with Crippen molar-refractivity contribution in [3.05, 3.63) is 54.0 Å². The van der Waals surface area contributed by atoms with Gasteiger partial charge in [-0.25, -0.2) is 4.79 Å². The van der Waals surface area contributed by atoms with Crippen LogP contribution < -0.4 is 15.8 Å². The van der Waals surface area contributed by atoms with E-state index < -0.39 is 23.3 Å². The lowest BCUT2D eigenvalue weighted by atomic mass is 9.85. The van der Waals surface area contributed by atoms with Gasteiger partial charge in [-0.15, -0.1) is 0 Å². The van der Waals surface area contributed by atoms with E-state index in [4.69, 9.17) is 20.3 Å². The minimum atomic E-state index is -1.60. The number of carbonyl (C=O) groups is 3. The van der Waals surface area contributed by atoms with Crippen LogP contribution in [0.3, 0.4) is 0 Å². The Balaban J connectivity index is 1.66. The van der Waals surface area contributed by atoms with E-state index in [1.807, 2.05) is 0 Å². The first-order chi connectivity index (χ1) is 15.3. The zero-order valence-corrected chi connectivity index (χ0v) is 17.5. The van der Waals surface area contributed by atoms with E-state index in [1.54, 1.807) is 36.4 Å². The second-order valence-corrected chi connectivity index (χ2v) is 7.55. The summed E-state index contributed by atoms with van der Waals surface area (Å²) in [5.41, 5.74) is 4.42. The number of aliphatic carboxylic acids is 1. The number of carboxylic acid groups (broad SMARTS) is 1. The van der Waals surface area contributed by atoms with Crippen molar-refractivity contribution in [2.45, 2.75) is 31.2 Å². The number of amides is 2. The molecule has 3 rings (SSSR count). The number of ether oxygens (including phenoxy) is 1. The number of nitrogens with one attached hydrogen (secondary N) is 2. The summed E-state index contributed by atoms with van der Waals surface area (Å²) in [6, 6.07) is 10.1. The largest absolute Gasteiger partial charge is 0.494 e. The highest BCUT2D eigenvalue weighted by atomic mass is 16.5. The highest BCUT2D eigenvalue weighted by Crippen LogP contribution is 2.29. The molecule has 1 aromatic heterocycles. The Labute approximate surface area is 184 Å². The zero-order valence-electron chi connectivity index (χ0n) is 17.5. The lowest BCUT2D eigenvalue weighted by Crippen LogP contribution is -2.65. The van der Waals surface area contributed by atoms with Crippen LogP contribution in [0.2, 0.25) is 0 Å². The van der Waals surface area contributed by atoms with Gasteiger partial charge in [-0.3, -0.25) is 15.0 Å². The first kappa shape index (κ1) is 22.9. The van der Waals surface area contributed by atoms with Gasteiger partial charge in [0, 0.05) is 25.1 Å². The average Bonchev–Trinajstić information content (AvgIpc) is 3.28. The third kappa shape index (κ3) is 5.08. The van der Waals surface area contributed by atoms with Crippen LogP contribution in [0.25, 0.3) is 0 Å². The first-order valence-electron chi connectivity index (χ1n) is 10.3. The van der Waals surface area contributed by atoms with E-state index in [0.717, 1.165) is 4.90 Å².